The second-order valence-corrected chi connectivity index (χ2v) is 8.02. The third-order valence-corrected chi connectivity index (χ3v) is 5.78. The number of carbonyl (C=O) groups excluding carboxylic acids is 1. The van der Waals surface area contributed by atoms with E-state index in [0.717, 1.165) is 5.56 Å². The number of sulfone groups is 1. The fourth-order valence-electron chi connectivity index (χ4n) is 3.06. The maximum atomic E-state index is 12.3. The van der Waals surface area contributed by atoms with Gasteiger partial charge >= 0.3 is 5.88 Å². The number of para-hydroxylation sites is 1. The van der Waals surface area contributed by atoms with Gasteiger partial charge in [-0.05, 0) is 55.7 Å². The summed E-state index contributed by atoms with van der Waals surface area (Å²) in [5, 5.41) is 10.7. The lowest BCUT2D eigenvalue weighted by Gasteiger charge is -2.25. The summed E-state index contributed by atoms with van der Waals surface area (Å²) in [7, 11) is -4.06. The molecule has 7 nitrogen and oxygen atoms in total. The van der Waals surface area contributed by atoms with Gasteiger partial charge in [0, 0.05) is 17.5 Å². The molecule has 2 rings (SSSR count). The number of benzene rings is 2. The molecule has 0 spiro atoms. The van der Waals surface area contributed by atoms with Gasteiger partial charge in [0.1, 0.15) is 0 Å². The van der Waals surface area contributed by atoms with Crippen LogP contribution in [0.2, 0.25) is 0 Å². The summed E-state index contributed by atoms with van der Waals surface area (Å²) in [4.78, 5) is 23.5. The number of anilines is 2. The third-order valence-electron chi connectivity index (χ3n) is 3.96. The van der Waals surface area contributed by atoms with Gasteiger partial charge in [0.2, 0.25) is 15.7 Å². The molecule has 0 radical (unpaired) electrons. The van der Waals surface area contributed by atoms with Crippen LogP contribution in [0.5, 0.6) is 0 Å². The van der Waals surface area contributed by atoms with Crippen LogP contribution < -0.4 is 4.90 Å². The highest BCUT2D eigenvalue weighted by molar-refractivity contribution is 7.91. The predicted molar refractivity (Wildman–Crippen MR) is 99.0 cm³/mol. The number of amides is 1. The molecule has 2 aromatic rings. The lowest BCUT2D eigenvalue weighted by Crippen LogP contribution is -2.24. The van der Waals surface area contributed by atoms with Crippen molar-refractivity contribution in [3.63, 3.8) is 0 Å². The summed E-state index contributed by atoms with van der Waals surface area (Å²) in [5.41, 5.74) is 2.83. The fourth-order valence-corrected chi connectivity index (χ4v) is 4.56. The highest BCUT2D eigenvalue weighted by atomic mass is 32.2. The van der Waals surface area contributed by atoms with Gasteiger partial charge in [-0.3, -0.25) is 19.8 Å². The molecule has 0 unspecified atom stereocenters. The van der Waals surface area contributed by atoms with Crippen molar-refractivity contribution in [3.8, 4) is 0 Å². The minimum atomic E-state index is -4.06. The Morgan fingerprint density at radius 3 is 2.08 bits per heavy atom. The van der Waals surface area contributed by atoms with Crippen molar-refractivity contribution in [2.75, 3.05) is 10.8 Å². The topological polar surface area (TPSA) is 97.6 Å². The summed E-state index contributed by atoms with van der Waals surface area (Å²) < 4.78 is 24.6. The highest BCUT2D eigenvalue weighted by Crippen LogP contribution is 2.33. The quantitative estimate of drug-likeness (QED) is 0.589. The van der Waals surface area contributed by atoms with Gasteiger partial charge in [0.15, 0.2) is 0 Å². The van der Waals surface area contributed by atoms with E-state index in [9.17, 15) is 23.3 Å². The Labute approximate surface area is 152 Å². The zero-order valence-corrected chi connectivity index (χ0v) is 15.8. The molecule has 1 amide bonds. The normalized spacial score (nSPS) is 11.2. The SMILES string of the molecule is CC(=O)N(c1cc(C)c(S(=O)(=O)C[N+](=O)[O-])c(C)c1)c1ccccc1C. The Morgan fingerprint density at radius 1 is 1.08 bits per heavy atom. The van der Waals surface area contributed by atoms with Gasteiger partial charge in [-0.15, -0.1) is 0 Å². The Hall–Kier alpha value is -2.74. The molecule has 2 aromatic carbocycles. The molecule has 0 aliphatic carbocycles. The number of carbonyl (C=O) groups is 1. The molecular weight excluding hydrogens is 356 g/mol. The molecule has 0 aliphatic heterocycles. The predicted octanol–water partition coefficient (Wildman–Crippen LogP) is 3.30. The molecule has 0 aromatic heterocycles. The Morgan fingerprint density at radius 2 is 1.62 bits per heavy atom. The molecule has 0 saturated carbocycles. The van der Waals surface area contributed by atoms with E-state index in [1.54, 1.807) is 32.0 Å². The number of aryl methyl sites for hydroxylation is 3. The van der Waals surface area contributed by atoms with E-state index in [4.69, 9.17) is 0 Å². The molecule has 0 N–H and O–H groups in total. The van der Waals surface area contributed by atoms with Crippen LogP contribution in [0.4, 0.5) is 11.4 Å². The number of hydrogen-bond acceptors (Lipinski definition) is 5. The van der Waals surface area contributed by atoms with Gasteiger partial charge < -0.3 is 0 Å². The number of nitro groups is 1. The van der Waals surface area contributed by atoms with Crippen LogP contribution in [-0.2, 0) is 14.6 Å². The highest BCUT2D eigenvalue weighted by Gasteiger charge is 2.27. The summed E-state index contributed by atoms with van der Waals surface area (Å²) in [6, 6.07) is 10.5. The van der Waals surface area contributed by atoms with Crippen LogP contribution in [-0.4, -0.2) is 25.1 Å². The van der Waals surface area contributed by atoms with Crippen LogP contribution in [0.3, 0.4) is 0 Å². The smallest absolute Gasteiger partial charge is 0.281 e. The number of hydrogen-bond donors (Lipinski definition) is 0. The monoisotopic (exact) mass is 376 g/mol. The van der Waals surface area contributed by atoms with Crippen molar-refractivity contribution in [1.29, 1.82) is 0 Å². The van der Waals surface area contributed by atoms with Crippen LogP contribution in [0.1, 0.15) is 23.6 Å². The molecule has 0 fully saturated rings. The van der Waals surface area contributed by atoms with Crippen molar-refractivity contribution in [2.45, 2.75) is 32.6 Å². The van der Waals surface area contributed by atoms with Crippen molar-refractivity contribution in [3.05, 3.63) is 63.2 Å². The van der Waals surface area contributed by atoms with E-state index in [1.165, 1.54) is 11.8 Å². The first-order valence-electron chi connectivity index (χ1n) is 7.86. The van der Waals surface area contributed by atoms with Crippen molar-refractivity contribution in [1.82, 2.24) is 0 Å². The molecule has 0 aliphatic rings. The summed E-state index contributed by atoms with van der Waals surface area (Å²) >= 11 is 0. The van der Waals surface area contributed by atoms with E-state index in [0.29, 0.717) is 22.5 Å². The van der Waals surface area contributed by atoms with Crippen LogP contribution in [0.25, 0.3) is 0 Å². The molecule has 0 heterocycles. The molecule has 0 bridgehead atoms. The Balaban J connectivity index is 2.63. The van der Waals surface area contributed by atoms with Crippen molar-refractivity contribution in [2.24, 2.45) is 0 Å². The molecule has 8 heteroatoms. The van der Waals surface area contributed by atoms with Crippen LogP contribution in [0, 0.1) is 30.9 Å². The van der Waals surface area contributed by atoms with E-state index in [2.05, 4.69) is 0 Å². The van der Waals surface area contributed by atoms with Crippen molar-refractivity contribution < 1.29 is 18.1 Å². The van der Waals surface area contributed by atoms with Crippen LogP contribution in [0.15, 0.2) is 41.3 Å². The first-order valence-corrected chi connectivity index (χ1v) is 9.52. The van der Waals surface area contributed by atoms with Gasteiger partial charge in [-0.25, -0.2) is 8.42 Å². The maximum absolute atomic E-state index is 12.3. The fraction of sp³-hybridized carbons (Fsp3) is 0.278. The summed E-state index contributed by atoms with van der Waals surface area (Å²) in [6.45, 7) is 6.44. The van der Waals surface area contributed by atoms with E-state index in [-0.39, 0.29) is 10.8 Å². The van der Waals surface area contributed by atoms with Gasteiger partial charge in [0.05, 0.1) is 10.6 Å². The van der Waals surface area contributed by atoms with Gasteiger partial charge in [-0.2, -0.15) is 0 Å². The minimum Gasteiger partial charge on any atom is -0.281 e. The minimum absolute atomic E-state index is 0.0637. The van der Waals surface area contributed by atoms with Crippen molar-refractivity contribution >= 4 is 27.1 Å². The molecule has 138 valence electrons. The summed E-state index contributed by atoms with van der Waals surface area (Å²) in [5.74, 6) is -1.39. The van der Waals surface area contributed by atoms with Gasteiger partial charge in [0.25, 0.3) is 0 Å². The van der Waals surface area contributed by atoms with Crippen LogP contribution >= 0.6 is 0 Å². The third kappa shape index (κ3) is 3.91. The first kappa shape index (κ1) is 19.6. The number of nitrogens with zero attached hydrogens (tertiary/aromatic N) is 2. The van der Waals surface area contributed by atoms with Gasteiger partial charge in [-0.1, -0.05) is 18.2 Å². The average Bonchev–Trinajstić information content (AvgIpc) is 2.46. The Kier molecular flexibility index (Phi) is 5.46. The van der Waals surface area contributed by atoms with E-state index < -0.39 is 20.6 Å². The molecular formula is C18H20N2O5S. The lowest BCUT2D eigenvalue weighted by molar-refractivity contribution is -0.458. The largest absolute Gasteiger partial charge is 0.305 e. The zero-order chi connectivity index (χ0) is 19.6. The summed E-state index contributed by atoms with van der Waals surface area (Å²) in [6.07, 6.45) is 0. The molecule has 0 atom stereocenters. The Bertz CT molecular complexity index is 960. The number of rotatable bonds is 5. The van der Waals surface area contributed by atoms with E-state index >= 15 is 0 Å². The molecule has 26 heavy (non-hydrogen) atoms. The zero-order valence-electron chi connectivity index (χ0n) is 15.0. The average molecular weight is 376 g/mol. The first-order chi connectivity index (χ1) is 12.0. The lowest BCUT2D eigenvalue weighted by atomic mass is 10.1. The van der Waals surface area contributed by atoms with E-state index in [1.807, 2.05) is 25.1 Å². The second-order valence-electron chi connectivity index (χ2n) is 6.13. The standard InChI is InChI=1S/C18H20N2O5S/c1-12-7-5-6-8-17(12)20(15(4)21)16-9-13(2)18(14(3)10-16)26(24,25)11-19(22)23/h5-10H,11H2,1-4H3. The maximum Gasteiger partial charge on any atom is 0.305 e. The second kappa shape index (κ2) is 7.25. The molecule has 0 saturated heterocycles.